The fraction of sp³-hybridized carbons (Fsp3) is 0.286. The first-order chi connectivity index (χ1) is 15.7. The summed E-state index contributed by atoms with van der Waals surface area (Å²) >= 11 is 0. The van der Waals surface area contributed by atoms with E-state index in [1.165, 1.54) is 4.90 Å². The number of nitrogens with zero attached hydrogens (tertiary/aromatic N) is 2. The van der Waals surface area contributed by atoms with E-state index in [4.69, 9.17) is 4.55 Å². The largest absolute Gasteiger partial charge is 0.418 e. The van der Waals surface area contributed by atoms with Crippen molar-refractivity contribution < 1.29 is 31.6 Å². The molecule has 2 aliphatic heterocycles. The third-order valence-electron chi connectivity index (χ3n) is 5.52. The van der Waals surface area contributed by atoms with Gasteiger partial charge < -0.3 is 15.5 Å². The molecule has 2 aromatic rings. The Morgan fingerprint density at radius 3 is 2.30 bits per heavy atom. The summed E-state index contributed by atoms with van der Waals surface area (Å²) in [4.78, 5) is 40.0. The molecule has 4 amide bonds. The van der Waals surface area contributed by atoms with E-state index in [1.807, 2.05) is 6.07 Å². The van der Waals surface area contributed by atoms with Gasteiger partial charge >= 0.3 is 16.4 Å². The molecule has 4 rings (SSSR count). The number of hydrogen-bond donors (Lipinski definition) is 3. The van der Waals surface area contributed by atoms with Gasteiger partial charge in [-0.05, 0) is 30.5 Å². The second kappa shape index (κ2) is 9.17. The van der Waals surface area contributed by atoms with Crippen LogP contribution in [0, 0.1) is 0 Å². The summed E-state index contributed by atoms with van der Waals surface area (Å²) in [6.07, 6.45) is 0.511. The lowest BCUT2D eigenvalue weighted by Gasteiger charge is -2.30. The number of nitrogens with one attached hydrogen (secondary N) is 2. The zero-order valence-electron chi connectivity index (χ0n) is 17.3. The van der Waals surface area contributed by atoms with Gasteiger partial charge in [-0.1, -0.05) is 48.5 Å². The van der Waals surface area contributed by atoms with Gasteiger partial charge in [0.05, 0.1) is 6.04 Å². The minimum absolute atomic E-state index is 0.0542. The number of rotatable bonds is 7. The van der Waals surface area contributed by atoms with E-state index in [2.05, 4.69) is 14.9 Å². The van der Waals surface area contributed by atoms with Gasteiger partial charge in [-0.15, -0.1) is 4.28 Å². The highest BCUT2D eigenvalue weighted by molar-refractivity contribution is 7.80. The van der Waals surface area contributed by atoms with Gasteiger partial charge in [0.1, 0.15) is 12.1 Å². The smallest absolute Gasteiger partial charge is 0.339 e. The summed E-state index contributed by atoms with van der Waals surface area (Å²) in [6, 6.07) is 14.0. The predicted octanol–water partition coefficient (Wildman–Crippen LogP) is 1.49. The Labute approximate surface area is 190 Å². The highest BCUT2D eigenvalue weighted by atomic mass is 32.3. The van der Waals surface area contributed by atoms with Crippen molar-refractivity contribution in [1.82, 2.24) is 15.3 Å². The van der Waals surface area contributed by atoms with E-state index in [0.717, 1.165) is 0 Å². The molecule has 0 spiro atoms. The van der Waals surface area contributed by atoms with Crippen molar-refractivity contribution in [3.8, 4) is 0 Å². The van der Waals surface area contributed by atoms with Gasteiger partial charge in [-0.2, -0.15) is 13.5 Å². The Kier molecular flexibility index (Phi) is 6.31. The summed E-state index contributed by atoms with van der Waals surface area (Å²) in [5.74, 6) is -1.02. The Morgan fingerprint density at radius 2 is 1.67 bits per heavy atom. The quantitative estimate of drug-likeness (QED) is 0.516. The maximum Gasteiger partial charge on any atom is 0.418 e. The SMILES string of the molecule is O=C(Nc1ccccc1)[C@H](NC(=O)[C@@H]1CC[C@H]2CN1C(=O)N2OS(=O)(=O)O)c1ccccc1. The number of carbonyl (C=O) groups excluding carboxylic acids is 3. The number of hydroxylamine groups is 2. The molecule has 0 aromatic heterocycles. The summed E-state index contributed by atoms with van der Waals surface area (Å²) < 4.78 is 35.4. The molecule has 0 aliphatic carbocycles. The second-order valence-corrected chi connectivity index (χ2v) is 8.72. The number of piperidine rings is 1. The van der Waals surface area contributed by atoms with Crippen LogP contribution in [0.25, 0.3) is 0 Å². The van der Waals surface area contributed by atoms with E-state index in [-0.39, 0.29) is 19.4 Å². The molecule has 2 bridgehead atoms. The minimum Gasteiger partial charge on any atom is -0.339 e. The molecule has 0 unspecified atom stereocenters. The van der Waals surface area contributed by atoms with E-state index in [1.54, 1.807) is 54.6 Å². The lowest BCUT2D eigenvalue weighted by molar-refractivity contribution is -0.130. The average molecular weight is 474 g/mol. The first-order valence-electron chi connectivity index (χ1n) is 10.2. The number of urea groups is 1. The van der Waals surface area contributed by atoms with Crippen molar-refractivity contribution >= 4 is 33.9 Å². The first-order valence-corrected chi connectivity index (χ1v) is 11.6. The van der Waals surface area contributed by atoms with Crippen LogP contribution in [-0.2, 0) is 24.3 Å². The highest BCUT2D eigenvalue weighted by Crippen LogP contribution is 2.31. The number of carbonyl (C=O) groups is 3. The van der Waals surface area contributed by atoms with Gasteiger partial charge in [0.25, 0.3) is 5.91 Å². The normalized spacial score (nSPS) is 20.9. The Balaban J connectivity index is 1.51. The van der Waals surface area contributed by atoms with Crippen LogP contribution in [0.3, 0.4) is 0 Å². The topological polar surface area (TPSA) is 145 Å². The molecule has 12 heteroatoms. The van der Waals surface area contributed by atoms with E-state index < -0.39 is 46.4 Å². The van der Waals surface area contributed by atoms with Gasteiger partial charge in [0.15, 0.2) is 0 Å². The van der Waals surface area contributed by atoms with Crippen molar-refractivity contribution in [2.45, 2.75) is 31.0 Å². The predicted molar refractivity (Wildman–Crippen MR) is 116 cm³/mol. The zero-order valence-corrected chi connectivity index (χ0v) is 18.1. The van der Waals surface area contributed by atoms with Crippen LogP contribution in [0.5, 0.6) is 0 Å². The summed E-state index contributed by atoms with van der Waals surface area (Å²) in [6.45, 7) is 0.0542. The van der Waals surface area contributed by atoms with Crippen LogP contribution in [0.4, 0.5) is 10.5 Å². The maximum atomic E-state index is 13.2. The molecular formula is C21H22N4O7S. The van der Waals surface area contributed by atoms with Gasteiger partial charge in [-0.25, -0.2) is 4.79 Å². The Hall–Kier alpha value is -3.48. The third kappa shape index (κ3) is 5.13. The number of anilines is 1. The van der Waals surface area contributed by atoms with E-state index in [0.29, 0.717) is 16.3 Å². The Morgan fingerprint density at radius 1 is 1.03 bits per heavy atom. The van der Waals surface area contributed by atoms with Crippen molar-refractivity contribution in [2.75, 3.05) is 11.9 Å². The third-order valence-corrected chi connectivity index (χ3v) is 5.87. The average Bonchev–Trinajstić information content (AvgIpc) is 3.02. The van der Waals surface area contributed by atoms with Crippen molar-refractivity contribution in [2.24, 2.45) is 0 Å². The van der Waals surface area contributed by atoms with Crippen molar-refractivity contribution in [1.29, 1.82) is 0 Å². The van der Waals surface area contributed by atoms with Gasteiger partial charge in [-0.3, -0.25) is 14.1 Å². The Bertz CT molecular complexity index is 1140. The monoisotopic (exact) mass is 474 g/mol. The molecule has 3 atom stereocenters. The van der Waals surface area contributed by atoms with Crippen LogP contribution < -0.4 is 10.6 Å². The molecule has 0 saturated carbocycles. The van der Waals surface area contributed by atoms with Crippen LogP contribution in [-0.4, -0.2) is 59.4 Å². The number of amides is 4. The number of benzene rings is 2. The maximum absolute atomic E-state index is 13.2. The summed E-state index contributed by atoms with van der Waals surface area (Å²) in [5, 5.41) is 6.05. The number of hydrogen-bond acceptors (Lipinski definition) is 6. The number of fused-ring (bicyclic) bond motifs is 2. The lowest BCUT2D eigenvalue weighted by Crippen LogP contribution is -2.51. The first kappa shape index (κ1) is 22.7. The molecule has 2 heterocycles. The van der Waals surface area contributed by atoms with Gasteiger partial charge in [0.2, 0.25) is 5.91 Å². The minimum atomic E-state index is -4.89. The zero-order chi connectivity index (χ0) is 23.6. The van der Waals surface area contributed by atoms with Crippen LogP contribution in [0.15, 0.2) is 60.7 Å². The van der Waals surface area contributed by atoms with Gasteiger partial charge in [0, 0.05) is 12.2 Å². The molecule has 0 radical (unpaired) electrons. The molecule has 174 valence electrons. The highest BCUT2D eigenvalue weighted by Gasteiger charge is 2.49. The lowest BCUT2D eigenvalue weighted by atomic mass is 9.99. The molecule has 2 aliphatic rings. The second-order valence-electron chi connectivity index (χ2n) is 7.72. The molecule has 2 fully saturated rings. The van der Waals surface area contributed by atoms with Crippen LogP contribution in [0.1, 0.15) is 24.4 Å². The number of para-hydroxylation sites is 1. The van der Waals surface area contributed by atoms with Crippen LogP contribution >= 0.6 is 0 Å². The van der Waals surface area contributed by atoms with Crippen molar-refractivity contribution in [3.05, 3.63) is 66.2 Å². The fourth-order valence-electron chi connectivity index (χ4n) is 4.02. The molecule has 33 heavy (non-hydrogen) atoms. The summed E-state index contributed by atoms with van der Waals surface area (Å²) in [7, 11) is -4.89. The molecular weight excluding hydrogens is 452 g/mol. The molecule has 11 nitrogen and oxygen atoms in total. The molecule has 2 saturated heterocycles. The summed E-state index contributed by atoms with van der Waals surface area (Å²) in [5.41, 5.74) is 1.11. The fourth-order valence-corrected chi connectivity index (χ4v) is 4.41. The van der Waals surface area contributed by atoms with Crippen molar-refractivity contribution in [3.63, 3.8) is 0 Å². The molecule has 2 aromatic carbocycles. The van der Waals surface area contributed by atoms with E-state index >= 15 is 0 Å². The standard InChI is InChI=1S/C21H22N4O7S/c26-19(17-12-11-16-13-24(17)21(28)25(16)32-33(29,30)31)23-18(14-7-3-1-4-8-14)20(27)22-15-9-5-2-6-10-15/h1-10,16-18H,11-13H2,(H,22,27)(H,23,26)(H,29,30,31)/t16-,17-,18+/m0/s1. The molecule has 3 N–H and O–H groups in total. The van der Waals surface area contributed by atoms with Crippen LogP contribution in [0.2, 0.25) is 0 Å². The van der Waals surface area contributed by atoms with E-state index in [9.17, 15) is 22.8 Å².